The molecule has 0 aliphatic heterocycles. The Balaban J connectivity index is 2.11. The lowest BCUT2D eigenvalue weighted by atomic mass is 10.2. The number of carbonyl (C=O) groups is 1. The van der Waals surface area contributed by atoms with Gasteiger partial charge in [-0.2, -0.15) is 0 Å². The number of nitrogens with one attached hydrogen (secondary N) is 1. The number of hydrogen-bond donors (Lipinski definition) is 2. The quantitative estimate of drug-likeness (QED) is 0.849. The molecule has 1 aromatic carbocycles. The average Bonchev–Trinajstić information content (AvgIpc) is 2.78. The number of nitrogens with zero attached hydrogens (tertiary/aromatic N) is 1. The number of aliphatic hydroxyl groups excluding tert-OH is 1. The molecule has 0 radical (unpaired) electrons. The van der Waals surface area contributed by atoms with Gasteiger partial charge in [-0.1, -0.05) is 6.92 Å². The van der Waals surface area contributed by atoms with Crippen LogP contribution in [-0.4, -0.2) is 22.6 Å². The molecular formula is C13H16N2O3. The molecule has 1 aromatic heterocycles. The fourth-order valence-corrected chi connectivity index (χ4v) is 1.67. The summed E-state index contributed by atoms with van der Waals surface area (Å²) in [5.74, 6) is 0.580. The number of benzene rings is 1. The van der Waals surface area contributed by atoms with E-state index in [9.17, 15) is 4.79 Å². The lowest BCUT2D eigenvalue weighted by Crippen LogP contribution is -2.11. The minimum atomic E-state index is -0.109. The lowest BCUT2D eigenvalue weighted by Gasteiger charge is -2.03. The highest BCUT2D eigenvalue weighted by Crippen LogP contribution is 2.20. The van der Waals surface area contributed by atoms with Crippen molar-refractivity contribution in [2.75, 3.05) is 11.9 Å². The molecule has 0 saturated heterocycles. The molecule has 0 aliphatic rings. The zero-order valence-corrected chi connectivity index (χ0v) is 10.3. The molecule has 0 spiro atoms. The van der Waals surface area contributed by atoms with E-state index in [1.807, 2.05) is 6.92 Å². The van der Waals surface area contributed by atoms with Crippen molar-refractivity contribution >= 4 is 22.7 Å². The number of amides is 1. The maximum Gasteiger partial charge on any atom is 0.224 e. The molecule has 18 heavy (non-hydrogen) atoms. The van der Waals surface area contributed by atoms with Crippen molar-refractivity contribution in [2.24, 2.45) is 0 Å². The first-order valence-electron chi connectivity index (χ1n) is 6.03. The van der Waals surface area contributed by atoms with Crippen LogP contribution in [0.2, 0.25) is 0 Å². The number of fused-ring (bicyclic) bond motifs is 1. The van der Waals surface area contributed by atoms with Gasteiger partial charge in [-0.25, -0.2) is 4.98 Å². The van der Waals surface area contributed by atoms with Crippen LogP contribution < -0.4 is 5.32 Å². The summed E-state index contributed by atoms with van der Waals surface area (Å²) in [5, 5.41) is 11.4. The van der Waals surface area contributed by atoms with Crippen LogP contribution in [0.4, 0.5) is 5.69 Å². The number of rotatable bonds is 5. The second kappa shape index (κ2) is 5.64. The predicted octanol–water partition coefficient (Wildman–Crippen LogP) is 2.10. The Morgan fingerprint density at radius 1 is 1.50 bits per heavy atom. The number of oxazole rings is 1. The highest BCUT2D eigenvalue weighted by atomic mass is 16.3. The normalized spacial score (nSPS) is 10.8. The van der Waals surface area contributed by atoms with Gasteiger partial charge in [0.15, 0.2) is 11.5 Å². The highest BCUT2D eigenvalue weighted by molar-refractivity contribution is 5.92. The number of aromatic nitrogens is 1. The topological polar surface area (TPSA) is 75.4 Å². The Morgan fingerprint density at radius 2 is 2.33 bits per heavy atom. The lowest BCUT2D eigenvalue weighted by molar-refractivity contribution is -0.116. The first-order valence-corrected chi connectivity index (χ1v) is 6.03. The fraction of sp³-hybridized carbons (Fsp3) is 0.385. The van der Waals surface area contributed by atoms with Crippen LogP contribution in [-0.2, 0) is 11.2 Å². The Bertz CT molecular complexity index is 548. The van der Waals surface area contributed by atoms with Crippen LogP contribution in [0, 0.1) is 0 Å². The fourth-order valence-electron chi connectivity index (χ4n) is 1.67. The summed E-state index contributed by atoms with van der Waals surface area (Å²) in [6, 6.07) is 5.36. The van der Waals surface area contributed by atoms with Crippen molar-refractivity contribution in [3.05, 3.63) is 24.1 Å². The van der Waals surface area contributed by atoms with Crippen molar-refractivity contribution in [1.29, 1.82) is 0 Å². The summed E-state index contributed by atoms with van der Waals surface area (Å²) < 4.78 is 5.49. The Kier molecular flexibility index (Phi) is 3.94. The van der Waals surface area contributed by atoms with Crippen LogP contribution >= 0.6 is 0 Å². The summed E-state index contributed by atoms with van der Waals surface area (Å²) in [4.78, 5) is 15.8. The van der Waals surface area contributed by atoms with Gasteiger partial charge in [-0.15, -0.1) is 0 Å². The molecule has 1 amide bonds. The zero-order chi connectivity index (χ0) is 13.0. The molecule has 5 heteroatoms. The highest BCUT2D eigenvalue weighted by Gasteiger charge is 2.06. The van der Waals surface area contributed by atoms with E-state index in [0.717, 1.165) is 17.5 Å². The first kappa shape index (κ1) is 12.6. The van der Waals surface area contributed by atoms with Gasteiger partial charge in [0.1, 0.15) is 5.52 Å². The van der Waals surface area contributed by atoms with E-state index in [1.165, 1.54) is 0 Å². The van der Waals surface area contributed by atoms with Crippen molar-refractivity contribution in [1.82, 2.24) is 4.98 Å². The molecule has 0 bridgehead atoms. The summed E-state index contributed by atoms with van der Waals surface area (Å²) in [5.41, 5.74) is 2.16. The number of hydrogen-bond acceptors (Lipinski definition) is 4. The predicted molar refractivity (Wildman–Crippen MR) is 68.3 cm³/mol. The maximum atomic E-state index is 11.5. The Labute approximate surface area is 105 Å². The van der Waals surface area contributed by atoms with Gasteiger partial charge in [-0.05, 0) is 24.6 Å². The first-order chi connectivity index (χ1) is 8.72. The maximum absolute atomic E-state index is 11.5. The third-order valence-electron chi connectivity index (χ3n) is 2.58. The molecule has 2 aromatic rings. The molecular weight excluding hydrogens is 232 g/mol. The van der Waals surface area contributed by atoms with Crippen molar-refractivity contribution < 1.29 is 14.3 Å². The van der Waals surface area contributed by atoms with E-state index in [-0.39, 0.29) is 12.5 Å². The van der Waals surface area contributed by atoms with Crippen LogP contribution in [0.3, 0.4) is 0 Å². The monoisotopic (exact) mass is 248 g/mol. The van der Waals surface area contributed by atoms with E-state index in [1.54, 1.807) is 18.2 Å². The van der Waals surface area contributed by atoms with Gasteiger partial charge in [0, 0.05) is 25.1 Å². The molecule has 0 saturated carbocycles. The van der Waals surface area contributed by atoms with Gasteiger partial charge in [0.05, 0.1) is 0 Å². The minimum Gasteiger partial charge on any atom is -0.441 e. The third kappa shape index (κ3) is 2.87. The standard InChI is InChI=1S/C13H16N2O3/c1-2-13-15-10-8-9(5-6-11(10)18-13)14-12(17)4-3-7-16/h5-6,8,16H,2-4,7H2,1H3,(H,14,17). The van der Waals surface area contributed by atoms with Crippen molar-refractivity contribution in [2.45, 2.75) is 26.2 Å². The zero-order valence-electron chi connectivity index (χ0n) is 10.3. The molecule has 5 nitrogen and oxygen atoms in total. The van der Waals surface area contributed by atoms with Crippen LogP contribution in [0.15, 0.2) is 22.6 Å². The molecule has 2 N–H and O–H groups in total. The molecule has 0 aliphatic carbocycles. The van der Waals surface area contributed by atoms with Gasteiger partial charge < -0.3 is 14.8 Å². The molecule has 0 fully saturated rings. The van der Waals surface area contributed by atoms with Crippen LogP contribution in [0.1, 0.15) is 25.7 Å². The molecule has 96 valence electrons. The van der Waals surface area contributed by atoms with E-state index in [0.29, 0.717) is 24.4 Å². The third-order valence-corrected chi connectivity index (χ3v) is 2.58. The second-order valence-electron chi connectivity index (χ2n) is 4.02. The van der Waals surface area contributed by atoms with Gasteiger partial charge in [0.2, 0.25) is 5.91 Å². The number of aryl methyl sites for hydroxylation is 1. The van der Waals surface area contributed by atoms with E-state index >= 15 is 0 Å². The van der Waals surface area contributed by atoms with Crippen LogP contribution in [0.25, 0.3) is 11.1 Å². The van der Waals surface area contributed by atoms with Gasteiger partial charge in [-0.3, -0.25) is 4.79 Å². The van der Waals surface area contributed by atoms with E-state index in [2.05, 4.69) is 10.3 Å². The van der Waals surface area contributed by atoms with Gasteiger partial charge in [0.25, 0.3) is 0 Å². The van der Waals surface area contributed by atoms with E-state index < -0.39 is 0 Å². The number of carbonyl (C=O) groups excluding carboxylic acids is 1. The average molecular weight is 248 g/mol. The van der Waals surface area contributed by atoms with Crippen LogP contribution in [0.5, 0.6) is 0 Å². The molecule has 2 rings (SSSR count). The van der Waals surface area contributed by atoms with E-state index in [4.69, 9.17) is 9.52 Å². The summed E-state index contributed by atoms with van der Waals surface area (Å²) >= 11 is 0. The second-order valence-corrected chi connectivity index (χ2v) is 4.02. The SMILES string of the molecule is CCc1nc2cc(NC(=O)CCCO)ccc2o1. The summed E-state index contributed by atoms with van der Waals surface area (Å²) in [6.45, 7) is 2.00. The number of anilines is 1. The minimum absolute atomic E-state index is 0.0234. The molecule has 0 unspecified atom stereocenters. The van der Waals surface area contributed by atoms with Crippen molar-refractivity contribution in [3.63, 3.8) is 0 Å². The molecule has 0 atom stereocenters. The summed E-state index contributed by atoms with van der Waals surface area (Å²) in [7, 11) is 0. The van der Waals surface area contributed by atoms with Gasteiger partial charge >= 0.3 is 0 Å². The number of aliphatic hydroxyl groups is 1. The Morgan fingerprint density at radius 3 is 3.06 bits per heavy atom. The molecule has 1 heterocycles. The Hall–Kier alpha value is -1.88. The largest absolute Gasteiger partial charge is 0.441 e. The summed E-state index contributed by atoms with van der Waals surface area (Å²) in [6.07, 6.45) is 1.53. The smallest absolute Gasteiger partial charge is 0.224 e. The van der Waals surface area contributed by atoms with Crippen molar-refractivity contribution in [3.8, 4) is 0 Å².